The highest BCUT2D eigenvalue weighted by molar-refractivity contribution is 6.06. The van der Waals surface area contributed by atoms with E-state index in [-0.39, 0.29) is 12.8 Å². The smallest absolute Gasteiger partial charge is 0.280 e. The fourth-order valence-corrected chi connectivity index (χ4v) is 2.00. The number of carbonyl (C=O) groups is 1. The Morgan fingerprint density at radius 1 is 1.35 bits per heavy atom. The van der Waals surface area contributed by atoms with Gasteiger partial charge in [0, 0.05) is 20.7 Å². The van der Waals surface area contributed by atoms with Crippen LogP contribution in [0.4, 0.5) is 0 Å². The molecule has 0 atom stereocenters. The van der Waals surface area contributed by atoms with Gasteiger partial charge in [0.15, 0.2) is 0 Å². The molecule has 0 bridgehead atoms. The van der Waals surface area contributed by atoms with Crippen LogP contribution in [0.2, 0.25) is 0 Å². The van der Waals surface area contributed by atoms with Crippen molar-refractivity contribution in [2.75, 3.05) is 0 Å². The summed E-state index contributed by atoms with van der Waals surface area (Å²) < 4.78 is 1.31. The van der Waals surface area contributed by atoms with Crippen molar-refractivity contribution in [1.29, 1.82) is 0 Å². The third-order valence-electron chi connectivity index (χ3n) is 3.54. The Morgan fingerprint density at radius 3 is 2.50 bits per heavy atom. The van der Waals surface area contributed by atoms with E-state index >= 15 is 0 Å². The number of aliphatic imine (C=N–C) groups is 1. The molecule has 140 valence electrons. The number of aromatic nitrogens is 1. The van der Waals surface area contributed by atoms with Gasteiger partial charge in [-0.2, -0.15) is 4.99 Å². The number of nitrogens with zero attached hydrogens (tertiary/aromatic N) is 2. The van der Waals surface area contributed by atoms with E-state index in [4.69, 9.17) is 5.73 Å². The molecule has 1 aromatic rings. The van der Waals surface area contributed by atoms with E-state index < -0.39 is 5.91 Å². The molecule has 0 aliphatic heterocycles. The molecule has 1 heterocycles. The van der Waals surface area contributed by atoms with Crippen LogP contribution in [0.25, 0.3) is 0 Å². The molecule has 5 heteroatoms. The first-order chi connectivity index (χ1) is 12.1. The average Bonchev–Trinajstić information content (AvgIpc) is 2.55. The molecule has 0 fully saturated rings. The number of hydrogen-bond donors (Lipinski definition) is 1. The normalized spacial score (nSPS) is 15.5. The minimum Gasteiger partial charge on any atom is -0.384 e. The minimum atomic E-state index is -0.491. The summed E-state index contributed by atoms with van der Waals surface area (Å²) in [6.45, 7) is 9.96. The maximum atomic E-state index is 11.7. The van der Waals surface area contributed by atoms with E-state index in [0.717, 1.165) is 5.57 Å². The van der Waals surface area contributed by atoms with Gasteiger partial charge < -0.3 is 10.3 Å². The Bertz CT molecular complexity index is 843. The molecule has 1 aliphatic rings. The fourth-order valence-electron chi connectivity index (χ4n) is 2.00. The molecule has 5 nitrogen and oxygen atoms in total. The van der Waals surface area contributed by atoms with E-state index in [1.165, 1.54) is 35.4 Å². The van der Waals surface area contributed by atoms with Gasteiger partial charge >= 0.3 is 0 Å². The van der Waals surface area contributed by atoms with E-state index in [0.29, 0.717) is 11.0 Å². The molecule has 0 aromatic carbocycles. The van der Waals surface area contributed by atoms with Gasteiger partial charge in [-0.3, -0.25) is 9.59 Å². The number of nitrogens with two attached hydrogens (primary N) is 1. The van der Waals surface area contributed by atoms with Crippen LogP contribution in [-0.4, -0.2) is 16.3 Å². The van der Waals surface area contributed by atoms with Crippen LogP contribution in [0.5, 0.6) is 0 Å². The van der Waals surface area contributed by atoms with Crippen LogP contribution in [0.15, 0.2) is 76.7 Å². The first-order valence-electron chi connectivity index (χ1n) is 8.34. The topological polar surface area (TPSA) is 77.4 Å². The predicted molar refractivity (Wildman–Crippen MR) is 110 cm³/mol. The lowest BCUT2D eigenvalue weighted by Gasteiger charge is -2.19. The number of pyridine rings is 1. The van der Waals surface area contributed by atoms with Crippen molar-refractivity contribution in [2.24, 2.45) is 23.2 Å². The highest BCUT2D eigenvalue weighted by Gasteiger charge is 2.11. The van der Waals surface area contributed by atoms with Gasteiger partial charge in [-0.25, -0.2) is 0 Å². The van der Waals surface area contributed by atoms with E-state index in [9.17, 15) is 9.59 Å². The second-order valence-electron chi connectivity index (χ2n) is 6.87. The largest absolute Gasteiger partial charge is 0.384 e. The Morgan fingerprint density at radius 2 is 2.04 bits per heavy atom. The summed E-state index contributed by atoms with van der Waals surface area (Å²) in [6, 6.07) is 2.73. The third kappa shape index (κ3) is 7.75. The number of rotatable bonds is 3. The number of amides is 1. The van der Waals surface area contributed by atoms with Gasteiger partial charge in [-0.1, -0.05) is 56.4 Å². The summed E-state index contributed by atoms with van der Waals surface area (Å²) in [7, 11) is 1.56. The van der Waals surface area contributed by atoms with Crippen molar-refractivity contribution >= 4 is 11.7 Å². The zero-order valence-electron chi connectivity index (χ0n) is 15.9. The highest BCUT2D eigenvalue weighted by atomic mass is 16.1. The Balaban J connectivity index is 0.000000629. The number of amidine groups is 1. The molecular formula is C21H29N3O2. The first-order valence-corrected chi connectivity index (χ1v) is 8.34. The van der Waals surface area contributed by atoms with Crippen molar-refractivity contribution in [2.45, 2.75) is 27.2 Å². The highest BCUT2D eigenvalue weighted by Crippen LogP contribution is 2.24. The minimum absolute atomic E-state index is 0. The van der Waals surface area contributed by atoms with Gasteiger partial charge in [0.25, 0.3) is 5.91 Å². The second kappa shape index (κ2) is 9.51. The second-order valence-corrected chi connectivity index (χ2v) is 6.87. The van der Waals surface area contributed by atoms with Gasteiger partial charge in [0.2, 0.25) is 5.56 Å². The number of hydrogen-bond acceptors (Lipinski definition) is 2. The lowest BCUT2D eigenvalue weighted by molar-refractivity contribution is 0.100. The summed E-state index contributed by atoms with van der Waals surface area (Å²) in [4.78, 5) is 26.6. The van der Waals surface area contributed by atoms with E-state index in [1.807, 2.05) is 0 Å². The molecule has 0 spiro atoms. The molecule has 0 unspecified atom stereocenters. The molecule has 0 saturated carbocycles. The molecule has 2 N–H and O–H groups in total. The van der Waals surface area contributed by atoms with Gasteiger partial charge in [0.05, 0.1) is 5.56 Å². The Hall–Kier alpha value is -2.95. The quantitative estimate of drug-likeness (QED) is 0.509. The zero-order chi connectivity index (χ0) is 19.7. The number of aryl methyl sites for hydroxylation is 1. The van der Waals surface area contributed by atoms with Gasteiger partial charge in [-0.05, 0) is 30.9 Å². The summed E-state index contributed by atoms with van der Waals surface area (Å²) in [5.74, 6) is -0.397. The standard InChI is InChI=1S/C13H15N3O2.C8H12.H2/c1-9(2)4-6-11(14)15-13(18)10-5-7-12(17)16(3)8-10;1-8(2)6-4-3-5-7-8;/h4-8H,1H2,2-3H3,(H2,14,15,18);3-6H,7H2,1-2H3;1H/b6-4-;;. The summed E-state index contributed by atoms with van der Waals surface area (Å²) >= 11 is 0. The summed E-state index contributed by atoms with van der Waals surface area (Å²) in [5, 5.41) is 0. The van der Waals surface area contributed by atoms with Crippen LogP contribution in [0.1, 0.15) is 39.0 Å². The number of allylic oxidation sites excluding steroid dienone is 6. The zero-order valence-corrected chi connectivity index (χ0v) is 15.9. The third-order valence-corrected chi connectivity index (χ3v) is 3.54. The molecular weight excluding hydrogens is 326 g/mol. The number of carbonyl (C=O) groups excluding carboxylic acids is 1. The van der Waals surface area contributed by atoms with Crippen molar-refractivity contribution in [1.82, 2.24) is 4.57 Å². The molecule has 26 heavy (non-hydrogen) atoms. The molecule has 1 amide bonds. The van der Waals surface area contributed by atoms with E-state index in [2.05, 4.69) is 49.7 Å². The van der Waals surface area contributed by atoms with Crippen LogP contribution in [-0.2, 0) is 7.05 Å². The van der Waals surface area contributed by atoms with Crippen molar-refractivity contribution < 1.29 is 6.22 Å². The monoisotopic (exact) mass is 355 g/mol. The van der Waals surface area contributed by atoms with Crippen LogP contribution < -0.4 is 11.3 Å². The summed E-state index contributed by atoms with van der Waals surface area (Å²) in [6.07, 6.45) is 14.4. The van der Waals surface area contributed by atoms with Crippen LogP contribution in [0.3, 0.4) is 0 Å². The van der Waals surface area contributed by atoms with Crippen molar-refractivity contribution in [3.63, 3.8) is 0 Å². The molecule has 0 radical (unpaired) electrons. The maximum Gasteiger partial charge on any atom is 0.280 e. The Labute approximate surface area is 156 Å². The average molecular weight is 355 g/mol. The van der Waals surface area contributed by atoms with Crippen molar-refractivity contribution in [3.8, 4) is 0 Å². The molecule has 0 saturated heterocycles. The van der Waals surface area contributed by atoms with Crippen LogP contribution in [0, 0.1) is 5.41 Å². The lowest BCUT2D eigenvalue weighted by Crippen LogP contribution is -2.17. The van der Waals surface area contributed by atoms with E-state index in [1.54, 1.807) is 20.0 Å². The Kier molecular flexibility index (Phi) is 7.72. The van der Waals surface area contributed by atoms with Crippen molar-refractivity contribution in [3.05, 3.63) is 82.9 Å². The first kappa shape index (κ1) is 21.1. The molecule has 1 aliphatic carbocycles. The molecule has 2 rings (SSSR count). The van der Waals surface area contributed by atoms with Gasteiger partial charge in [-0.15, -0.1) is 0 Å². The van der Waals surface area contributed by atoms with Crippen LogP contribution >= 0.6 is 0 Å². The molecule has 1 aromatic heterocycles. The fraction of sp³-hybridized carbons (Fsp3) is 0.286. The SMILES string of the molecule is C=C(C)/C=C\C(N)=NC(=O)c1ccc(=O)n(C)c1.CC1(C)C=CC=CC1.[HH]. The summed E-state index contributed by atoms with van der Waals surface area (Å²) in [5.41, 5.74) is 6.90. The lowest BCUT2D eigenvalue weighted by atomic mass is 9.86. The predicted octanol–water partition coefficient (Wildman–Crippen LogP) is 3.79. The maximum absolute atomic E-state index is 11.7. The van der Waals surface area contributed by atoms with Gasteiger partial charge in [0.1, 0.15) is 5.84 Å².